The Morgan fingerprint density at radius 3 is 2.63 bits per heavy atom. The van der Waals surface area contributed by atoms with Crippen molar-refractivity contribution in [1.29, 1.82) is 0 Å². The van der Waals surface area contributed by atoms with Gasteiger partial charge in [-0.1, -0.05) is 12.1 Å². The van der Waals surface area contributed by atoms with Crippen molar-refractivity contribution in [2.45, 2.75) is 23.9 Å². The van der Waals surface area contributed by atoms with Crippen molar-refractivity contribution in [3.63, 3.8) is 0 Å². The Kier molecular flexibility index (Phi) is 7.60. The molecule has 1 saturated heterocycles. The highest BCUT2D eigenvalue weighted by molar-refractivity contribution is 7.98. The van der Waals surface area contributed by atoms with E-state index in [9.17, 15) is 18.0 Å². The van der Waals surface area contributed by atoms with Crippen LogP contribution >= 0.6 is 11.8 Å². The van der Waals surface area contributed by atoms with Crippen LogP contribution in [0.3, 0.4) is 0 Å². The van der Waals surface area contributed by atoms with Gasteiger partial charge < -0.3 is 15.1 Å². The summed E-state index contributed by atoms with van der Waals surface area (Å²) in [6.45, 7) is 3.60. The van der Waals surface area contributed by atoms with Gasteiger partial charge in [0.25, 0.3) is 0 Å². The minimum Gasteiger partial charge on any atom is -0.355 e. The Morgan fingerprint density at radius 1 is 1.13 bits per heavy atom. The number of para-hydroxylation sites is 1. The molecule has 0 unspecified atom stereocenters. The summed E-state index contributed by atoms with van der Waals surface area (Å²) in [7, 11) is 0. The van der Waals surface area contributed by atoms with Gasteiger partial charge in [0.2, 0.25) is 5.91 Å². The standard InChI is InChI=1S/C21H25F3N4OS/c1-30-18-6-3-2-5-17(18)26-20(29)9-12-27-10-4-11-28(14-13-27)19-8-7-16(15-25-19)21(22,23)24/h2-3,5-8,15H,4,9-14H2,1H3,(H,26,29). The number of aromatic nitrogens is 1. The first kappa shape index (κ1) is 22.4. The first-order valence-corrected chi connectivity index (χ1v) is 11.0. The molecule has 0 atom stereocenters. The van der Waals surface area contributed by atoms with Crippen molar-refractivity contribution in [1.82, 2.24) is 9.88 Å². The molecular weight excluding hydrogens is 413 g/mol. The van der Waals surface area contributed by atoms with Gasteiger partial charge in [0.15, 0.2) is 0 Å². The first-order valence-electron chi connectivity index (χ1n) is 9.80. The SMILES string of the molecule is CSc1ccccc1NC(=O)CCN1CCCN(c2ccc(C(F)(F)F)cn2)CC1. The highest BCUT2D eigenvalue weighted by Gasteiger charge is 2.31. The van der Waals surface area contributed by atoms with Crippen LogP contribution in [-0.2, 0) is 11.0 Å². The molecular formula is C21H25F3N4OS. The summed E-state index contributed by atoms with van der Waals surface area (Å²) in [5.41, 5.74) is 0.0853. The number of pyridine rings is 1. The number of thioether (sulfide) groups is 1. The molecule has 0 bridgehead atoms. The molecule has 5 nitrogen and oxygen atoms in total. The third-order valence-electron chi connectivity index (χ3n) is 5.02. The number of carbonyl (C=O) groups excluding carboxylic acids is 1. The van der Waals surface area contributed by atoms with E-state index in [1.54, 1.807) is 11.8 Å². The Bertz CT molecular complexity index is 845. The minimum absolute atomic E-state index is 0.0259. The Balaban J connectivity index is 1.49. The average Bonchev–Trinajstić information content (AvgIpc) is 2.98. The van der Waals surface area contributed by atoms with E-state index in [1.807, 2.05) is 35.4 Å². The van der Waals surface area contributed by atoms with E-state index < -0.39 is 11.7 Å². The molecule has 3 rings (SSSR count). The van der Waals surface area contributed by atoms with E-state index in [1.165, 1.54) is 6.07 Å². The number of nitrogens with zero attached hydrogens (tertiary/aromatic N) is 3. The van der Waals surface area contributed by atoms with Crippen LogP contribution < -0.4 is 10.2 Å². The number of carbonyl (C=O) groups is 1. The van der Waals surface area contributed by atoms with E-state index in [0.29, 0.717) is 25.3 Å². The fraction of sp³-hybridized carbons (Fsp3) is 0.429. The summed E-state index contributed by atoms with van der Waals surface area (Å²) in [5.74, 6) is 0.526. The van der Waals surface area contributed by atoms with Gasteiger partial charge in [0.1, 0.15) is 5.82 Å². The van der Waals surface area contributed by atoms with E-state index >= 15 is 0 Å². The number of hydrogen-bond donors (Lipinski definition) is 1. The Hall–Kier alpha value is -2.26. The summed E-state index contributed by atoms with van der Waals surface area (Å²) in [6, 6.07) is 10.2. The van der Waals surface area contributed by atoms with Crippen LogP contribution in [0.1, 0.15) is 18.4 Å². The number of nitrogens with one attached hydrogen (secondary N) is 1. The predicted octanol–water partition coefficient (Wildman–Crippen LogP) is 4.36. The molecule has 9 heteroatoms. The molecule has 30 heavy (non-hydrogen) atoms. The number of benzene rings is 1. The van der Waals surface area contributed by atoms with Gasteiger partial charge in [-0.05, 0) is 43.5 Å². The molecule has 2 aromatic rings. The molecule has 0 saturated carbocycles. The number of anilines is 2. The molecule has 1 aromatic carbocycles. The van der Waals surface area contributed by atoms with Crippen LogP contribution in [0.5, 0.6) is 0 Å². The summed E-state index contributed by atoms with van der Waals surface area (Å²) in [5, 5.41) is 2.97. The second kappa shape index (κ2) is 10.2. The largest absolute Gasteiger partial charge is 0.417 e. The summed E-state index contributed by atoms with van der Waals surface area (Å²) < 4.78 is 38.1. The first-order chi connectivity index (χ1) is 14.4. The third-order valence-corrected chi connectivity index (χ3v) is 5.82. The third kappa shape index (κ3) is 6.12. The summed E-state index contributed by atoms with van der Waals surface area (Å²) in [6.07, 6.45) is -0.271. The fourth-order valence-electron chi connectivity index (χ4n) is 3.38. The van der Waals surface area contributed by atoms with Gasteiger partial charge in [0.05, 0.1) is 11.3 Å². The van der Waals surface area contributed by atoms with Gasteiger partial charge in [-0.2, -0.15) is 13.2 Å². The van der Waals surface area contributed by atoms with E-state index in [4.69, 9.17) is 0 Å². The molecule has 2 heterocycles. The van der Waals surface area contributed by atoms with Gasteiger partial charge in [-0.15, -0.1) is 11.8 Å². The van der Waals surface area contributed by atoms with Crippen LogP contribution in [0.4, 0.5) is 24.7 Å². The fourth-order valence-corrected chi connectivity index (χ4v) is 3.94. The Morgan fingerprint density at radius 2 is 1.93 bits per heavy atom. The number of rotatable bonds is 6. The average molecular weight is 439 g/mol. The highest BCUT2D eigenvalue weighted by atomic mass is 32.2. The molecule has 1 aliphatic rings. The van der Waals surface area contributed by atoms with Gasteiger partial charge in [-0.3, -0.25) is 4.79 Å². The van der Waals surface area contributed by atoms with Crippen molar-refractivity contribution in [2.24, 2.45) is 0 Å². The van der Waals surface area contributed by atoms with Crippen molar-refractivity contribution in [3.8, 4) is 0 Å². The molecule has 0 aliphatic carbocycles. The Labute approximate surface area is 178 Å². The van der Waals surface area contributed by atoms with Gasteiger partial charge >= 0.3 is 6.18 Å². The van der Waals surface area contributed by atoms with Gasteiger partial charge in [0, 0.05) is 43.7 Å². The van der Waals surface area contributed by atoms with Crippen LogP contribution in [-0.4, -0.2) is 54.8 Å². The van der Waals surface area contributed by atoms with Crippen molar-refractivity contribution < 1.29 is 18.0 Å². The zero-order valence-corrected chi connectivity index (χ0v) is 17.6. The maximum absolute atomic E-state index is 12.7. The maximum Gasteiger partial charge on any atom is 0.417 e. The van der Waals surface area contributed by atoms with E-state index in [-0.39, 0.29) is 5.91 Å². The van der Waals surface area contributed by atoms with Crippen molar-refractivity contribution in [3.05, 3.63) is 48.2 Å². The van der Waals surface area contributed by atoms with Crippen molar-refractivity contribution >= 4 is 29.2 Å². The smallest absolute Gasteiger partial charge is 0.355 e. The lowest BCUT2D eigenvalue weighted by Crippen LogP contribution is -2.33. The normalized spacial score (nSPS) is 15.7. The summed E-state index contributed by atoms with van der Waals surface area (Å²) >= 11 is 1.59. The molecule has 1 N–H and O–H groups in total. The summed E-state index contributed by atoms with van der Waals surface area (Å²) in [4.78, 5) is 21.6. The number of alkyl halides is 3. The monoisotopic (exact) mass is 438 g/mol. The van der Waals surface area contributed by atoms with Crippen LogP contribution in [0, 0.1) is 0 Å². The molecule has 1 aliphatic heterocycles. The van der Waals surface area contributed by atoms with Crippen LogP contribution in [0.2, 0.25) is 0 Å². The molecule has 0 radical (unpaired) electrons. The van der Waals surface area contributed by atoms with Crippen molar-refractivity contribution in [2.75, 3.05) is 49.2 Å². The van der Waals surface area contributed by atoms with Crippen LogP contribution in [0.25, 0.3) is 0 Å². The molecule has 1 aromatic heterocycles. The second-order valence-corrected chi connectivity index (χ2v) is 7.93. The number of halogens is 3. The quantitative estimate of drug-likeness (QED) is 0.679. The zero-order valence-electron chi connectivity index (χ0n) is 16.8. The lowest BCUT2D eigenvalue weighted by molar-refractivity contribution is -0.137. The van der Waals surface area contributed by atoms with Gasteiger partial charge in [-0.25, -0.2) is 4.98 Å². The highest BCUT2D eigenvalue weighted by Crippen LogP contribution is 2.29. The topological polar surface area (TPSA) is 48.5 Å². The minimum atomic E-state index is -4.38. The molecule has 1 amide bonds. The predicted molar refractivity (Wildman–Crippen MR) is 114 cm³/mol. The lowest BCUT2D eigenvalue weighted by Gasteiger charge is -2.23. The molecule has 0 spiro atoms. The second-order valence-electron chi connectivity index (χ2n) is 7.08. The van der Waals surface area contributed by atoms with E-state index in [2.05, 4.69) is 15.2 Å². The molecule has 1 fully saturated rings. The van der Waals surface area contributed by atoms with Crippen LogP contribution in [0.15, 0.2) is 47.5 Å². The number of hydrogen-bond acceptors (Lipinski definition) is 5. The zero-order chi connectivity index (χ0) is 21.6. The lowest BCUT2D eigenvalue weighted by atomic mass is 10.2. The number of amides is 1. The van der Waals surface area contributed by atoms with E-state index in [0.717, 1.165) is 48.9 Å². The molecule has 162 valence electrons. The maximum atomic E-state index is 12.7.